The molecule has 0 fully saturated rings. The van der Waals surface area contributed by atoms with Gasteiger partial charge in [0.2, 0.25) is 0 Å². The first kappa shape index (κ1) is 31.4. The number of hydrogen-bond donors (Lipinski definition) is 1. The maximum Gasteiger partial charge on any atom is 0.269 e. The van der Waals surface area contributed by atoms with Crippen molar-refractivity contribution in [1.82, 2.24) is 23.7 Å². The summed E-state index contributed by atoms with van der Waals surface area (Å²) < 4.78 is 34.8. The molecule has 10 nitrogen and oxygen atoms in total. The minimum Gasteiger partial charge on any atom is -0.496 e. The quantitative estimate of drug-likeness (QED) is 0.258. The highest BCUT2D eigenvalue weighted by Crippen LogP contribution is 2.36. The number of hydrogen-bond acceptors (Lipinski definition) is 8. The number of carbonyl (C=O) groups excluding carboxylic acids is 1. The maximum absolute atomic E-state index is 13.9. The van der Waals surface area contributed by atoms with Gasteiger partial charge in [-0.1, -0.05) is 29.8 Å². The van der Waals surface area contributed by atoms with Crippen molar-refractivity contribution in [3.05, 3.63) is 95.3 Å². The van der Waals surface area contributed by atoms with E-state index >= 15 is 0 Å². The lowest BCUT2D eigenvalue weighted by Gasteiger charge is -2.27. The molecule has 1 N–H and O–H groups in total. The van der Waals surface area contributed by atoms with E-state index in [1.54, 1.807) is 82.0 Å². The first-order valence-electron chi connectivity index (χ1n) is 15.1. The number of aromatic nitrogens is 3. The van der Waals surface area contributed by atoms with Crippen molar-refractivity contribution >= 4 is 27.1 Å². The molecular formula is C35H37N5O5S. The molecule has 5 aromatic rings. The fraction of sp³-hybridized carbons (Fsp3) is 0.286. The zero-order valence-electron chi connectivity index (χ0n) is 26.6. The monoisotopic (exact) mass is 639 g/mol. The minimum atomic E-state index is -4.01. The van der Waals surface area contributed by atoms with Gasteiger partial charge >= 0.3 is 0 Å². The van der Waals surface area contributed by atoms with E-state index in [0.29, 0.717) is 27.9 Å². The SMILES string of the molecule is COc1cc(-c2cnc3c(n2)c(-c2ccc(C(=O)N(C)C[C@H](C)O)cc2)cn3S(=O)(=O)c2ccc(C)cc2)cc2c1CN(C)CC2. The summed E-state index contributed by atoms with van der Waals surface area (Å²) in [6, 6.07) is 17.7. The molecular weight excluding hydrogens is 602 g/mol. The summed E-state index contributed by atoms with van der Waals surface area (Å²) in [6.07, 6.45) is 3.37. The Hall–Kier alpha value is -4.58. The third kappa shape index (κ3) is 5.89. The van der Waals surface area contributed by atoms with Crippen molar-refractivity contribution in [2.45, 2.75) is 37.8 Å². The second-order valence-corrected chi connectivity index (χ2v) is 13.8. The number of methoxy groups -OCH3 is 1. The molecule has 1 amide bonds. The highest BCUT2D eigenvalue weighted by molar-refractivity contribution is 7.90. The lowest BCUT2D eigenvalue weighted by atomic mass is 9.95. The molecule has 1 aliphatic heterocycles. The molecule has 6 rings (SSSR count). The lowest BCUT2D eigenvalue weighted by molar-refractivity contribution is 0.0703. The van der Waals surface area contributed by atoms with Crippen LogP contribution >= 0.6 is 0 Å². The maximum atomic E-state index is 13.9. The van der Waals surface area contributed by atoms with Gasteiger partial charge in [-0.05, 0) is 74.8 Å². The number of amides is 1. The Balaban J connectivity index is 1.49. The van der Waals surface area contributed by atoms with Gasteiger partial charge in [-0.3, -0.25) is 4.79 Å². The van der Waals surface area contributed by atoms with E-state index in [1.807, 2.05) is 13.0 Å². The van der Waals surface area contributed by atoms with E-state index in [-0.39, 0.29) is 23.0 Å². The summed E-state index contributed by atoms with van der Waals surface area (Å²) in [5.41, 5.74) is 7.00. The zero-order chi connectivity index (χ0) is 32.7. The molecule has 2 aromatic heterocycles. The van der Waals surface area contributed by atoms with Crippen molar-refractivity contribution in [1.29, 1.82) is 0 Å². The van der Waals surface area contributed by atoms with Gasteiger partial charge in [0.15, 0.2) is 5.65 Å². The number of rotatable bonds is 8. The number of aryl methyl sites for hydroxylation is 1. The average Bonchev–Trinajstić information content (AvgIpc) is 3.43. The first-order valence-corrected chi connectivity index (χ1v) is 16.5. The van der Waals surface area contributed by atoms with Crippen LogP contribution in [0.2, 0.25) is 0 Å². The zero-order valence-corrected chi connectivity index (χ0v) is 27.4. The van der Waals surface area contributed by atoms with Gasteiger partial charge in [-0.15, -0.1) is 0 Å². The van der Waals surface area contributed by atoms with Crippen LogP contribution in [0.25, 0.3) is 33.5 Å². The molecule has 3 aromatic carbocycles. The Bertz CT molecular complexity index is 2020. The number of benzene rings is 3. The van der Waals surface area contributed by atoms with Gasteiger partial charge in [-0.2, -0.15) is 0 Å². The van der Waals surface area contributed by atoms with E-state index in [0.717, 1.165) is 42.0 Å². The predicted molar refractivity (Wildman–Crippen MR) is 177 cm³/mol. The molecule has 3 heterocycles. The lowest BCUT2D eigenvalue weighted by Crippen LogP contribution is -2.32. The Morgan fingerprint density at radius 1 is 1.09 bits per heavy atom. The topological polar surface area (TPSA) is 118 Å². The Morgan fingerprint density at radius 3 is 2.48 bits per heavy atom. The normalized spacial score (nSPS) is 14.2. The summed E-state index contributed by atoms with van der Waals surface area (Å²) in [6.45, 7) is 5.45. The average molecular weight is 640 g/mol. The van der Waals surface area contributed by atoms with Crippen molar-refractivity contribution in [3.8, 4) is 28.1 Å². The molecule has 0 bridgehead atoms. The van der Waals surface area contributed by atoms with Crippen molar-refractivity contribution < 1.29 is 23.1 Å². The summed E-state index contributed by atoms with van der Waals surface area (Å²) in [4.78, 5) is 26.5. The number of carbonyl (C=O) groups is 1. The van der Waals surface area contributed by atoms with Gasteiger partial charge in [-0.25, -0.2) is 22.4 Å². The summed E-state index contributed by atoms with van der Waals surface area (Å²) in [7, 11) is 1.37. The third-order valence-electron chi connectivity index (χ3n) is 8.38. The smallest absolute Gasteiger partial charge is 0.269 e. The van der Waals surface area contributed by atoms with Crippen LogP contribution in [-0.4, -0.2) is 83.6 Å². The highest BCUT2D eigenvalue weighted by atomic mass is 32.2. The molecule has 0 radical (unpaired) electrons. The highest BCUT2D eigenvalue weighted by Gasteiger charge is 2.26. The van der Waals surface area contributed by atoms with Crippen LogP contribution in [0.4, 0.5) is 0 Å². The van der Waals surface area contributed by atoms with E-state index in [9.17, 15) is 18.3 Å². The van der Waals surface area contributed by atoms with Gasteiger partial charge in [0.25, 0.3) is 15.9 Å². The van der Waals surface area contributed by atoms with E-state index in [4.69, 9.17) is 9.72 Å². The standard InChI is InChI=1S/C35H37N5O5S/c1-22-6-12-28(13-7-22)46(43,44)40-21-30(24-8-10-25(11-9-24)35(42)39(4)19-23(2)41)33-34(40)36-18-31(37-33)27-16-26-14-15-38(3)20-29(26)32(17-27)45-5/h6-13,16-18,21,23,41H,14-15,19-20H2,1-5H3/t23-/m0/s1. The second kappa shape index (κ2) is 12.3. The minimum absolute atomic E-state index is 0.138. The fourth-order valence-electron chi connectivity index (χ4n) is 5.91. The summed E-state index contributed by atoms with van der Waals surface area (Å²) >= 11 is 0. The van der Waals surface area contributed by atoms with Gasteiger partial charge in [0.05, 0.1) is 30.0 Å². The molecule has 1 atom stereocenters. The van der Waals surface area contributed by atoms with Crippen LogP contribution in [0.3, 0.4) is 0 Å². The predicted octanol–water partition coefficient (Wildman–Crippen LogP) is 4.76. The third-order valence-corrected chi connectivity index (χ3v) is 10.0. The van der Waals surface area contributed by atoms with Crippen LogP contribution in [0, 0.1) is 6.92 Å². The molecule has 238 valence electrons. The van der Waals surface area contributed by atoms with Crippen LogP contribution in [0.5, 0.6) is 5.75 Å². The summed E-state index contributed by atoms with van der Waals surface area (Å²) in [5, 5.41) is 9.71. The Morgan fingerprint density at radius 2 is 1.80 bits per heavy atom. The number of aliphatic hydroxyl groups excluding tert-OH is 1. The van der Waals surface area contributed by atoms with E-state index in [2.05, 4.69) is 23.0 Å². The molecule has 0 aliphatic carbocycles. The van der Waals surface area contributed by atoms with Crippen LogP contribution < -0.4 is 4.74 Å². The number of ether oxygens (including phenoxy) is 1. The second-order valence-electron chi connectivity index (χ2n) is 12.0. The number of aliphatic hydroxyl groups is 1. The van der Waals surface area contributed by atoms with Crippen molar-refractivity contribution in [2.75, 3.05) is 34.3 Å². The number of nitrogens with zero attached hydrogens (tertiary/aromatic N) is 5. The van der Waals surface area contributed by atoms with Crippen LogP contribution in [0.1, 0.15) is 34.0 Å². The molecule has 11 heteroatoms. The molecule has 0 saturated heterocycles. The number of fused-ring (bicyclic) bond motifs is 2. The molecule has 0 spiro atoms. The summed E-state index contributed by atoms with van der Waals surface area (Å²) in [5.74, 6) is 0.549. The van der Waals surface area contributed by atoms with Gasteiger partial charge < -0.3 is 19.6 Å². The Kier molecular flexibility index (Phi) is 8.41. The molecule has 46 heavy (non-hydrogen) atoms. The van der Waals surface area contributed by atoms with Crippen LogP contribution in [0.15, 0.2) is 78.0 Å². The van der Waals surface area contributed by atoms with Gasteiger partial charge in [0.1, 0.15) is 11.3 Å². The van der Waals surface area contributed by atoms with Crippen molar-refractivity contribution in [2.24, 2.45) is 0 Å². The first-order chi connectivity index (χ1) is 22.0. The van der Waals surface area contributed by atoms with Gasteiger partial charge in [0, 0.05) is 55.1 Å². The van der Waals surface area contributed by atoms with E-state index < -0.39 is 16.1 Å². The molecule has 0 saturated carbocycles. The van der Waals surface area contributed by atoms with Crippen molar-refractivity contribution in [3.63, 3.8) is 0 Å². The van der Waals surface area contributed by atoms with E-state index in [1.165, 1.54) is 14.4 Å². The van der Waals surface area contributed by atoms with Crippen LogP contribution in [-0.2, 0) is 23.0 Å². The molecule has 1 aliphatic rings. The fourth-order valence-corrected chi connectivity index (χ4v) is 7.22. The Labute approximate surface area is 269 Å². The largest absolute Gasteiger partial charge is 0.496 e. The number of likely N-dealkylation sites (N-methyl/N-ethyl adjacent to an activating group) is 2. The molecule has 0 unspecified atom stereocenters.